The minimum absolute atomic E-state index is 0.0574. The fourth-order valence-electron chi connectivity index (χ4n) is 2.99. The Morgan fingerprint density at radius 2 is 1.93 bits per heavy atom. The molecule has 0 aromatic heterocycles. The van der Waals surface area contributed by atoms with Crippen molar-refractivity contribution < 1.29 is 28.2 Å². The SMILES string of the molecule is O=C(COc1ccc(CO)cc1)N1CCC(S(=O)(=O)c2cccc(O)c2)C1. The lowest BCUT2D eigenvalue weighted by Gasteiger charge is -2.17. The Kier molecular flexibility index (Phi) is 5.67. The molecule has 27 heavy (non-hydrogen) atoms. The molecule has 0 radical (unpaired) electrons. The van der Waals surface area contributed by atoms with Crippen molar-refractivity contribution in [1.29, 1.82) is 0 Å². The molecule has 0 bridgehead atoms. The van der Waals surface area contributed by atoms with Crippen LogP contribution in [0.15, 0.2) is 53.4 Å². The largest absolute Gasteiger partial charge is 0.508 e. The number of carbonyl (C=O) groups excluding carboxylic acids is 1. The maximum absolute atomic E-state index is 12.7. The molecule has 1 fully saturated rings. The van der Waals surface area contributed by atoms with Gasteiger partial charge in [-0.2, -0.15) is 0 Å². The Labute approximate surface area is 157 Å². The van der Waals surface area contributed by atoms with Gasteiger partial charge < -0.3 is 19.8 Å². The molecule has 1 atom stereocenters. The van der Waals surface area contributed by atoms with Crippen molar-refractivity contribution in [2.45, 2.75) is 23.2 Å². The molecular formula is C19H21NO6S. The Bertz CT molecular complexity index is 910. The summed E-state index contributed by atoms with van der Waals surface area (Å²) in [5.74, 6) is 0.112. The number of hydrogen-bond acceptors (Lipinski definition) is 6. The van der Waals surface area contributed by atoms with Crippen LogP contribution >= 0.6 is 0 Å². The van der Waals surface area contributed by atoms with Crippen molar-refractivity contribution in [2.24, 2.45) is 0 Å². The van der Waals surface area contributed by atoms with Crippen LogP contribution in [0.25, 0.3) is 0 Å². The number of aliphatic hydroxyl groups is 1. The summed E-state index contributed by atoms with van der Waals surface area (Å²) in [7, 11) is -3.62. The highest BCUT2D eigenvalue weighted by molar-refractivity contribution is 7.92. The predicted molar refractivity (Wildman–Crippen MR) is 98.1 cm³/mol. The summed E-state index contributed by atoms with van der Waals surface area (Å²) in [5.41, 5.74) is 0.744. The number of aromatic hydroxyl groups is 1. The normalized spacial score (nSPS) is 17.1. The minimum Gasteiger partial charge on any atom is -0.508 e. The van der Waals surface area contributed by atoms with Crippen molar-refractivity contribution >= 4 is 15.7 Å². The number of sulfone groups is 1. The lowest BCUT2D eigenvalue weighted by molar-refractivity contribution is -0.132. The van der Waals surface area contributed by atoms with Gasteiger partial charge in [-0.15, -0.1) is 0 Å². The number of rotatable bonds is 6. The van der Waals surface area contributed by atoms with Crippen LogP contribution in [-0.4, -0.2) is 54.4 Å². The molecule has 7 nitrogen and oxygen atoms in total. The molecule has 3 rings (SSSR count). The van der Waals surface area contributed by atoms with Crippen LogP contribution in [0.5, 0.6) is 11.5 Å². The quantitative estimate of drug-likeness (QED) is 0.770. The minimum atomic E-state index is -3.62. The zero-order chi connectivity index (χ0) is 19.4. The summed E-state index contributed by atoms with van der Waals surface area (Å²) in [6.07, 6.45) is 0.342. The van der Waals surface area contributed by atoms with E-state index in [9.17, 15) is 18.3 Å². The lowest BCUT2D eigenvalue weighted by atomic mass is 10.2. The molecule has 1 unspecified atom stereocenters. The van der Waals surface area contributed by atoms with Crippen molar-refractivity contribution in [2.75, 3.05) is 19.7 Å². The molecule has 1 heterocycles. The van der Waals surface area contributed by atoms with Gasteiger partial charge in [0.25, 0.3) is 5.91 Å². The molecule has 1 aliphatic heterocycles. The zero-order valence-electron chi connectivity index (χ0n) is 14.6. The van der Waals surface area contributed by atoms with Gasteiger partial charge in [0.05, 0.1) is 16.8 Å². The average Bonchev–Trinajstić information content (AvgIpc) is 3.18. The monoisotopic (exact) mass is 391 g/mol. The maximum Gasteiger partial charge on any atom is 0.260 e. The number of nitrogens with zero attached hydrogens (tertiary/aromatic N) is 1. The van der Waals surface area contributed by atoms with E-state index in [1.54, 1.807) is 24.3 Å². The third-order valence-electron chi connectivity index (χ3n) is 4.55. The predicted octanol–water partition coefficient (Wildman–Crippen LogP) is 1.34. The number of likely N-dealkylation sites (tertiary alicyclic amines) is 1. The molecule has 8 heteroatoms. The summed E-state index contributed by atoms with van der Waals surface area (Å²) in [6.45, 7) is 0.192. The summed E-state index contributed by atoms with van der Waals surface area (Å²) < 4.78 is 30.8. The van der Waals surface area contributed by atoms with Crippen LogP contribution in [0.1, 0.15) is 12.0 Å². The van der Waals surface area contributed by atoms with E-state index in [1.165, 1.54) is 29.2 Å². The van der Waals surface area contributed by atoms with Gasteiger partial charge in [0, 0.05) is 13.1 Å². The van der Waals surface area contributed by atoms with E-state index in [1.807, 2.05) is 0 Å². The van der Waals surface area contributed by atoms with Gasteiger partial charge in [-0.05, 0) is 42.3 Å². The number of ether oxygens (including phenoxy) is 1. The molecule has 1 saturated heterocycles. The second kappa shape index (κ2) is 7.98. The first-order valence-electron chi connectivity index (χ1n) is 8.53. The molecule has 144 valence electrons. The molecule has 1 amide bonds. The van der Waals surface area contributed by atoms with E-state index >= 15 is 0 Å². The van der Waals surface area contributed by atoms with Gasteiger partial charge in [-0.25, -0.2) is 8.42 Å². The standard InChI is InChI=1S/C19H21NO6S/c21-12-14-4-6-16(7-5-14)26-13-19(23)20-9-8-18(11-20)27(24,25)17-3-1-2-15(22)10-17/h1-7,10,18,21-22H,8-9,11-13H2. The summed E-state index contributed by atoms with van der Waals surface area (Å²) in [4.78, 5) is 13.9. The number of benzene rings is 2. The highest BCUT2D eigenvalue weighted by atomic mass is 32.2. The van der Waals surface area contributed by atoms with E-state index in [4.69, 9.17) is 9.84 Å². The van der Waals surface area contributed by atoms with Gasteiger partial charge in [0.2, 0.25) is 0 Å². The summed E-state index contributed by atoms with van der Waals surface area (Å²) in [6, 6.07) is 12.3. The fourth-order valence-corrected chi connectivity index (χ4v) is 4.72. The van der Waals surface area contributed by atoms with Gasteiger partial charge in [0.1, 0.15) is 11.5 Å². The number of phenols is 1. The molecule has 0 spiro atoms. The first-order valence-corrected chi connectivity index (χ1v) is 10.1. The Hall–Kier alpha value is -2.58. The van der Waals surface area contributed by atoms with Crippen LogP contribution < -0.4 is 4.74 Å². The fraction of sp³-hybridized carbons (Fsp3) is 0.316. The maximum atomic E-state index is 12.7. The number of phenolic OH excluding ortho intramolecular Hbond substituents is 1. The molecule has 1 aliphatic rings. The summed E-state index contributed by atoms with van der Waals surface area (Å²) in [5, 5.41) is 17.8. The Balaban J connectivity index is 1.59. The van der Waals surface area contributed by atoms with Crippen molar-refractivity contribution in [3.63, 3.8) is 0 Å². The highest BCUT2D eigenvalue weighted by Crippen LogP contribution is 2.26. The van der Waals surface area contributed by atoms with Crippen LogP contribution in [0.4, 0.5) is 0 Å². The lowest BCUT2D eigenvalue weighted by Crippen LogP contribution is -2.35. The van der Waals surface area contributed by atoms with Crippen molar-refractivity contribution in [3.8, 4) is 11.5 Å². The molecule has 2 aromatic rings. The van der Waals surface area contributed by atoms with E-state index in [0.29, 0.717) is 18.7 Å². The molecule has 0 saturated carbocycles. The van der Waals surface area contributed by atoms with Crippen LogP contribution in [0, 0.1) is 0 Å². The average molecular weight is 391 g/mol. The van der Waals surface area contributed by atoms with Gasteiger partial charge in [0.15, 0.2) is 16.4 Å². The van der Waals surface area contributed by atoms with Gasteiger partial charge >= 0.3 is 0 Å². The third kappa shape index (κ3) is 4.40. The van der Waals surface area contributed by atoms with Crippen molar-refractivity contribution in [3.05, 3.63) is 54.1 Å². The van der Waals surface area contributed by atoms with E-state index < -0.39 is 15.1 Å². The molecule has 0 aliphatic carbocycles. The second-order valence-corrected chi connectivity index (χ2v) is 8.61. The smallest absolute Gasteiger partial charge is 0.260 e. The number of hydrogen-bond donors (Lipinski definition) is 2. The number of aliphatic hydroxyl groups excluding tert-OH is 1. The topological polar surface area (TPSA) is 104 Å². The number of amides is 1. The van der Waals surface area contributed by atoms with Crippen molar-refractivity contribution in [1.82, 2.24) is 4.90 Å². The van der Waals surface area contributed by atoms with Gasteiger partial charge in [-0.3, -0.25) is 4.79 Å². The Morgan fingerprint density at radius 3 is 2.59 bits per heavy atom. The number of carbonyl (C=O) groups is 1. The third-order valence-corrected chi connectivity index (χ3v) is 6.72. The Morgan fingerprint density at radius 1 is 1.19 bits per heavy atom. The van der Waals surface area contributed by atoms with E-state index in [-0.39, 0.29) is 36.3 Å². The van der Waals surface area contributed by atoms with Crippen LogP contribution in [0.2, 0.25) is 0 Å². The van der Waals surface area contributed by atoms with Crippen LogP contribution in [0.3, 0.4) is 0 Å². The van der Waals surface area contributed by atoms with E-state index in [0.717, 1.165) is 5.56 Å². The van der Waals surface area contributed by atoms with Crippen LogP contribution in [-0.2, 0) is 21.2 Å². The first kappa shape index (κ1) is 19.2. The molecule has 2 N–H and O–H groups in total. The first-order chi connectivity index (χ1) is 12.9. The van der Waals surface area contributed by atoms with E-state index in [2.05, 4.69) is 0 Å². The second-order valence-electron chi connectivity index (χ2n) is 6.38. The van der Waals surface area contributed by atoms with Gasteiger partial charge in [-0.1, -0.05) is 18.2 Å². The molecule has 2 aromatic carbocycles. The zero-order valence-corrected chi connectivity index (χ0v) is 15.4. The highest BCUT2D eigenvalue weighted by Gasteiger charge is 2.36. The molecular weight excluding hydrogens is 370 g/mol. The summed E-state index contributed by atoms with van der Waals surface area (Å²) >= 11 is 0.